The van der Waals surface area contributed by atoms with Crippen LogP contribution in [0.4, 0.5) is 9.52 Å². The van der Waals surface area contributed by atoms with E-state index in [9.17, 15) is 9.18 Å². The third kappa shape index (κ3) is 4.27. The van der Waals surface area contributed by atoms with Crippen LogP contribution in [0, 0.1) is 17.1 Å². The molecular weight excluding hydrogens is 391 g/mol. The number of amides is 1. The zero-order valence-electron chi connectivity index (χ0n) is 15.7. The molecule has 1 aliphatic rings. The minimum Gasteiger partial charge on any atom is -0.370 e. The molecule has 148 valence electrons. The monoisotopic (exact) mass is 411 g/mol. The van der Waals surface area contributed by atoms with E-state index in [1.54, 1.807) is 41.3 Å². The van der Waals surface area contributed by atoms with Crippen LogP contribution in [-0.4, -0.2) is 50.3 Å². The van der Waals surface area contributed by atoms with E-state index in [4.69, 9.17) is 10.00 Å². The van der Waals surface area contributed by atoms with E-state index in [-0.39, 0.29) is 11.4 Å². The highest BCUT2D eigenvalue weighted by atomic mass is 32.1. The van der Waals surface area contributed by atoms with E-state index < -0.39 is 5.82 Å². The number of benzene rings is 2. The number of thiazole rings is 1. The van der Waals surface area contributed by atoms with Crippen LogP contribution in [0.2, 0.25) is 0 Å². The summed E-state index contributed by atoms with van der Waals surface area (Å²) in [6.45, 7) is 4.44. The summed E-state index contributed by atoms with van der Waals surface area (Å²) >= 11 is 1.30. The Morgan fingerprint density at radius 3 is 2.69 bits per heavy atom. The molecule has 8 heteroatoms. The van der Waals surface area contributed by atoms with Crippen LogP contribution in [0.25, 0.3) is 10.2 Å². The molecule has 1 amide bonds. The molecule has 2 heterocycles. The average Bonchev–Trinajstić information content (AvgIpc) is 3.20. The zero-order chi connectivity index (χ0) is 20.2. The van der Waals surface area contributed by atoms with E-state index in [0.717, 1.165) is 19.6 Å². The van der Waals surface area contributed by atoms with Gasteiger partial charge in [-0.3, -0.25) is 9.69 Å². The minimum atomic E-state index is -0.394. The molecule has 29 heavy (non-hydrogen) atoms. The predicted molar refractivity (Wildman–Crippen MR) is 109 cm³/mol. The third-order valence-electron chi connectivity index (χ3n) is 4.98. The lowest BCUT2D eigenvalue weighted by atomic mass is 10.1. The summed E-state index contributed by atoms with van der Waals surface area (Å²) in [5.74, 6) is -0.601. The molecule has 0 unspecified atom stereocenters. The summed E-state index contributed by atoms with van der Waals surface area (Å²) in [6.07, 6.45) is 0. The molecule has 0 saturated carbocycles. The lowest BCUT2D eigenvalue weighted by Gasteiger charge is -2.27. The number of morpholine rings is 1. The molecule has 1 saturated heterocycles. The molecule has 4 rings (SSSR count). The van der Waals surface area contributed by atoms with Gasteiger partial charge in [-0.05, 0) is 36.4 Å². The highest BCUT2D eigenvalue weighted by Gasteiger charge is 2.24. The van der Waals surface area contributed by atoms with Gasteiger partial charge < -0.3 is 9.64 Å². The third-order valence-corrected chi connectivity index (χ3v) is 6.03. The van der Waals surface area contributed by atoms with Crippen molar-refractivity contribution >= 4 is 32.6 Å². The van der Waals surface area contributed by atoms with Crippen molar-refractivity contribution in [2.24, 2.45) is 0 Å². The lowest BCUT2D eigenvalue weighted by Crippen LogP contribution is -3.14. The van der Waals surface area contributed by atoms with Crippen LogP contribution in [0.1, 0.15) is 15.9 Å². The minimum absolute atomic E-state index is 0.207. The van der Waals surface area contributed by atoms with Crippen molar-refractivity contribution < 1.29 is 18.8 Å². The van der Waals surface area contributed by atoms with Crippen molar-refractivity contribution in [2.45, 2.75) is 0 Å². The van der Waals surface area contributed by atoms with E-state index in [1.807, 2.05) is 0 Å². The van der Waals surface area contributed by atoms with Gasteiger partial charge in [-0.2, -0.15) is 5.26 Å². The Hall–Kier alpha value is -2.86. The maximum Gasteiger partial charge on any atom is 0.260 e. The number of nitriles is 1. The van der Waals surface area contributed by atoms with E-state index >= 15 is 0 Å². The number of carbonyl (C=O) groups excluding carboxylic acids is 1. The molecule has 1 aliphatic heterocycles. The summed E-state index contributed by atoms with van der Waals surface area (Å²) in [5, 5.41) is 9.47. The SMILES string of the molecule is N#Cc1ccc(C(=O)N(CC[NH+]2CCOCC2)c2nc3c(F)cccc3s2)cc1. The zero-order valence-corrected chi connectivity index (χ0v) is 16.5. The van der Waals surface area contributed by atoms with Gasteiger partial charge in [-0.1, -0.05) is 17.4 Å². The fourth-order valence-electron chi connectivity index (χ4n) is 3.33. The molecule has 0 spiro atoms. The quantitative estimate of drug-likeness (QED) is 0.696. The largest absolute Gasteiger partial charge is 0.370 e. The number of hydrogen-bond acceptors (Lipinski definition) is 5. The van der Waals surface area contributed by atoms with Crippen molar-refractivity contribution in [1.82, 2.24) is 4.98 Å². The predicted octanol–water partition coefficient (Wildman–Crippen LogP) is 1.87. The van der Waals surface area contributed by atoms with Crippen LogP contribution in [-0.2, 0) is 4.74 Å². The Kier molecular flexibility index (Phi) is 5.81. The molecule has 1 aromatic heterocycles. The van der Waals surface area contributed by atoms with Gasteiger partial charge >= 0.3 is 0 Å². The first-order valence-electron chi connectivity index (χ1n) is 9.44. The van der Waals surface area contributed by atoms with Gasteiger partial charge in [-0.15, -0.1) is 0 Å². The molecule has 1 fully saturated rings. The summed E-state index contributed by atoms with van der Waals surface area (Å²) in [6, 6.07) is 13.4. The summed E-state index contributed by atoms with van der Waals surface area (Å²) < 4.78 is 20.2. The Labute approximate surface area is 171 Å². The van der Waals surface area contributed by atoms with Gasteiger partial charge in [0, 0.05) is 5.56 Å². The van der Waals surface area contributed by atoms with Gasteiger partial charge in [-0.25, -0.2) is 9.37 Å². The molecular formula is C21H20FN4O2S+. The summed E-state index contributed by atoms with van der Waals surface area (Å²) in [7, 11) is 0. The number of fused-ring (bicyclic) bond motifs is 1. The normalized spacial score (nSPS) is 14.6. The van der Waals surface area contributed by atoms with E-state index in [0.29, 0.717) is 40.7 Å². The fourth-order valence-corrected chi connectivity index (χ4v) is 4.33. The topological polar surface area (TPSA) is 70.7 Å². The number of anilines is 1. The first kappa shape index (κ1) is 19.5. The highest BCUT2D eigenvalue weighted by Crippen LogP contribution is 2.31. The first-order valence-corrected chi connectivity index (χ1v) is 10.3. The number of para-hydroxylation sites is 1. The van der Waals surface area contributed by atoms with E-state index in [1.165, 1.54) is 22.3 Å². The van der Waals surface area contributed by atoms with Crippen molar-refractivity contribution in [3.05, 3.63) is 59.4 Å². The lowest BCUT2D eigenvalue weighted by molar-refractivity contribution is -0.906. The van der Waals surface area contributed by atoms with Crippen LogP contribution < -0.4 is 9.80 Å². The average molecular weight is 411 g/mol. The Bertz CT molecular complexity index is 1050. The van der Waals surface area contributed by atoms with Crippen molar-refractivity contribution in [3.8, 4) is 6.07 Å². The smallest absolute Gasteiger partial charge is 0.260 e. The van der Waals surface area contributed by atoms with Gasteiger partial charge in [0.2, 0.25) is 0 Å². The molecule has 0 atom stereocenters. The van der Waals surface area contributed by atoms with Crippen LogP contribution in [0.3, 0.4) is 0 Å². The van der Waals surface area contributed by atoms with Crippen molar-refractivity contribution in [1.29, 1.82) is 5.26 Å². The molecule has 0 aliphatic carbocycles. The number of nitrogens with one attached hydrogen (secondary N) is 1. The summed E-state index contributed by atoms with van der Waals surface area (Å²) in [5.41, 5.74) is 1.25. The number of nitrogens with zero attached hydrogens (tertiary/aromatic N) is 3. The number of quaternary nitrogens is 1. The standard InChI is InChI=1S/C21H19FN4O2S/c22-17-2-1-3-18-19(17)24-21(29-18)26(9-8-25-10-12-28-13-11-25)20(27)16-6-4-15(14-23)5-7-16/h1-7H,8-13H2/p+1. The summed E-state index contributed by atoms with van der Waals surface area (Å²) in [4.78, 5) is 20.7. The van der Waals surface area contributed by atoms with Gasteiger partial charge in [0.1, 0.15) is 24.4 Å². The van der Waals surface area contributed by atoms with Crippen LogP contribution in [0.15, 0.2) is 42.5 Å². The second kappa shape index (κ2) is 8.66. The van der Waals surface area contributed by atoms with E-state index in [2.05, 4.69) is 11.1 Å². The number of carbonyl (C=O) groups is 1. The second-order valence-electron chi connectivity index (χ2n) is 6.84. The second-order valence-corrected chi connectivity index (χ2v) is 7.85. The molecule has 1 N–H and O–H groups in total. The van der Waals surface area contributed by atoms with Crippen LogP contribution >= 0.6 is 11.3 Å². The van der Waals surface area contributed by atoms with Crippen LogP contribution in [0.5, 0.6) is 0 Å². The maximum absolute atomic E-state index is 14.1. The molecule has 3 aromatic rings. The Morgan fingerprint density at radius 1 is 1.24 bits per heavy atom. The van der Waals surface area contributed by atoms with Crippen molar-refractivity contribution in [3.63, 3.8) is 0 Å². The molecule has 0 radical (unpaired) electrons. The number of halogens is 1. The number of rotatable bonds is 5. The Morgan fingerprint density at radius 2 is 2.00 bits per heavy atom. The number of aromatic nitrogens is 1. The molecule has 2 aromatic carbocycles. The van der Waals surface area contributed by atoms with Gasteiger partial charge in [0.25, 0.3) is 5.91 Å². The first-order chi connectivity index (χ1) is 14.2. The number of hydrogen-bond donors (Lipinski definition) is 1. The molecule has 0 bridgehead atoms. The van der Waals surface area contributed by atoms with Gasteiger partial charge in [0.05, 0.1) is 42.6 Å². The molecule has 6 nitrogen and oxygen atoms in total. The fraction of sp³-hybridized carbons (Fsp3) is 0.286. The number of ether oxygens (including phenoxy) is 1. The van der Waals surface area contributed by atoms with Crippen molar-refractivity contribution in [2.75, 3.05) is 44.3 Å². The highest BCUT2D eigenvalue weighted by molar-refractivity contribution is 7.22. The Balaban J connectivity index is 1.64. The maximum atomic E-state index is 14.1. The van der Waals surface area contributed by atoms with Gasteiger partial charge in [0.15, 0.2) is 5.13 Å².